The molecule has 2 aromatic carbocycles. The van der Waals surface area contributed by atoms with Gasteiger partial charge >= 0.3 is 0 Å². The van der Waals surface area contributed by atoms with Crippen molar-refractivity contribution in [2.45, 2.75) is 11.9 Å². The Kier molecular flexibility index (Phi) is 5.84. The van der Waals surface area contributed by atoms with E-state index in [4.69, 9.17) is 11.6 Å². The lowest BCUT2D eigenvalue weighted by Gasteiger charge is -2.08. The summed E-state index contributed by atoms with van der Waals surface area (Å²) in [4.78, 5) is 21.1. The van der Waals surface area contributed by atoms with Crippen molar-refractivity contribution in [2.75, 3.05) is 11.1 Å². The first-order valence-corrected chi connectivity index (χ1v) is 10.8. The first kappa shape index (κ1) is 19.9. The van der Waals surface area contributed by atoms with Gasteiger partial charge in [-0.25, -0.2) is 14.6 Å². The van der Waals surface area contributed by atoms with Gasteiger partial charge in [-0.05, 0) is 55.0 Å². The van der Waals surface area contributed by atoms with Crippen LogP contribution in [0, 0.1) is 6.92 Å². The van der Waals surface area contributed by atoms with Gasteiger partial charge in [0.05, 0.1) is 23.0 Å². The molecule has 0 saturated heterocycles. The van der Waals surface area contributed by atoms with E-state index in [1.807, 2.05) is 37.3 Å². The maximum Gasteiger partial charge on any atom is 0.234 e. The molecule has 0 saturated carbocycles. The Balaban J connectivity index is 1.51. The Bertz CT molecular complexity index is 1200. The zero-order chi connectivity index (χ0) is 20.4. The fourth-order valence-electron chi connectivity index (χ4n) is 2.80. The van der Waals surface area contributed by atoms with Crippen LogP contribution in [-0.2, 0) is 4.79 Å². The normalized spacial score (nSPS) is 11.0. The molecule has 2 aromatic heterocycles. The highest BCUT2D eigenvalue weighted by molar-refractivity contribution is 9.10. The predicted octanol–water partition coefficient (Wildman–Crippen LogP) is 5.27. The molecule has 0 spiro atoms. The predicted molar refractivity (Wildman–Crippen MR) is 120 cm³/mol. The van der Waals surface area contributed by atoms with E-state index in [0.717, 1.165) is 26.8 Å². The summed E-state index contributed by atoms with van der Waals surface area (Å²) in [5.74, 6) is 0.130. The molecule has 0 aliphatic rings. The lowest BCUT2D eigenvalue weighted by atomic mass is 10.2. The molecule has 0 atom stereocenters. The second-order valence-electron chi connectivity index (χ2n) is 6.24. The standard InChI is InChI=1S/C20H15BrClN5OS/c1-12-8-13(21)2-7-17(12)26-18(28)10-29-20-16-9-25-27(19(16)23-11-24-20)15-5-3-14(22)4-6-15/h2-9,11H,10H2,1H3,(H,26,28). The van der Waals surface area contributed by atoms with Crippen LogP contribution in [0.15, 0.2) is 64.5 Å². The minimum absolute atomic E-state index is 0.0997. The summed E-state index contributed by atoms with van der Waals surface area (Å²) in [7, 11) is 0. The fourth-order valence-corrected chi connectivity index (χ4v) is 4.16. The Morgan fingerprint density at radius 3 is 2.76 bits per heavy atom. The molecule has 0 radical (unpaired) electrons. The second-order valence-corrected chi connectivity index (χ2v) is 8.56. The van der Waals surface area contributed by atoms with Gasteiger partial charge in [0.25, 0.3) is 0 Å². The number of nitrogens with zero attached hydrogens (tertiary/aromatic N) is 4. The third-order valence-electron chi connectivity index (χ3n) is 4.20. The zero-order valence-electron chi connectivity index (χ0n) is 15.3. The Morgan fingerprint density at radius 1 is 1.21 bits per heavy atom. The van der Waals surface area contributed by atoms with Crippen molar-refractivity contribution in [3.63, 3.8) is 0 Å². The van der Waals surface area contributed by atoms with E-state index in [-0.39, 0.29) is 11.7 Å². The smallest absolute Gasteiger partial charge is 0.234 e. The Morgan fingerprint density at radius 2 is 2.00 bits per heavy atom. The number of rotatable bonds is 5. The number of benzene rings is 2. The highest BCUT2D eigenvalue weighted by Crippen LogP contribution is 2.27. The first-order valence-electron chi connectivity index (χ1n) is 8.65. The Labute approximate surface area is 184 Å². The minimum Gasteiger partial charge on any atom is -0.325 e. The molecule has 9 heteroatoms. The van der Waals surface area contributed by atoms with Crippen LogP contribution in [0.3, 0.4) is 0 Å². The fraction of sp³-hybridized carbons (Fsp3) is 0.100. The van der Waals surface area contributed by atoms with Crippen molar-refractivity contribution < 1.29 is 4.79 Å². The number of carbonyl (C=O) groups excluding carboxylic acids is 1. The van der Waals surface area contributed by atoms with Gasteiger partial charge in [0.1, 0.15) is 11.4 Å². The van der Waals surface area contributed by atoms with Crippen LogP contribution in [0.2, 0.25) is 5.02 Å². The maximum absolute atomic E-state index is 12.4. The first-order chi connectivity index (χ1) is 14.0. The van der Waals surface area contributed by atoms with Crippen LogP contribution in [0.5, 0.6) is 0 Å². The van der Waals surface area contributed by atoms with Gasteiger partial charge in [-0.1, -0.05) is 39.3 Å². The molecule has 0 fully saturated rings. The van der Waals surface area contributed by atoms with E-state index in [9.17, 15) is 4.79 Å². The molecule has 29 heavy (non-hydrogen) atoms. The number of amides is 1. The monoisotopic (exact) mass is 487 g/mol. The number of carbonyl (C=O) groups is 1. The quantitative estimate of drug-likeness (QED) is 0.306. The van der Waals surface area contributed by atoms with Crippen LogP contribution in [0.25, 0.3) is 16.7 Å². The average molecular weight is 489 g/mol. The van der Waals surface area contributed by atoms with Crippen molar-refractivity contribution in [2.24, 2.45) is 0 Å². The highest BCUT2D eigenvalue weighted by atomic mass is 79.9. The van der Waals surface area contributed by atoms with Crippen LogP contribution in [0.4, 0.5) is 5.69 Å². The third-order valence-corrected chi connectivity index (χ3v) is 5.95. The number of hydrogen-bond acceptors (Lipinski definition) is 5. The number of aryl methyl sites for hydroxylation is 1. The number of aromatic nitrogens is 4. The van der Waals surface area contributed by atoms with Gasteiger partial charge in [-0.3, -0.25) is 4.79 Å². The van der Waals surface area contributed by atoms with Crippen LogP contribution < -0.4 is 5.32 Å². The summed E-state index contributed by atoms with van der Waals surface area (Å²) in [5.41, 5.74) is 3.31. The molecule has 0 aliphatic carbocycles. The van der Waals surface area contributed by atoms with Crippen molar-refractivity contribution >= 4 is 61.9 Å². The van der Waals surface area contributed by atoms with Gasteiger partial charge in [0.15, 0.2) is 5.65 Å². The van der Waals surface area contributed by atoms with Crippen LogP contribution in [-0.4, -0.2) is 31.4 Å². The molecule has 0 bridgehead atoms. The largest absolute Gasteiger partial charge is 0.325 e. The van der Waals surface area contributed by atoms with E-state index in [1.54, 1.807) is 23.0 Å². The van der Waals surface area contributed by atoms with E-state index in [2.05, 4.69) is 36.3 Å². The molecule has 4 rings (SSSR count). The number of hydrogen-bond donors (Lipinski definition) is 1. The third kappa shape index (κ3) is 4.44. The van der Waals surface area contributed by atoms with Gasteiger partial charge in [-0.15, -0.1) is 0 Å². The van der Waals surface area contributed by atoms with E-state index in [1.165, 1.54) is 18.1 Å². The topological polar surface area (TPSA) is 72.7 Å². The van der Waals surface area contributed by atoms with Crippen molar-refractivity contribution in [1.29, 1.82) is 0 Å². The second kappa shape index (κ2) is 8.52. The summed E-state index contributed by atoms with van der Waals surface area (Å²) in [6.45, 7) is 1.95. The summed E-state index contributed by atoms with van der Waals surface area (Å²) in [6, 6.07) is 13.1. The van der Waals surface area contributed by atoms with Crippen molar-refractivity contribution in [1.82, 2.24) is 19.7 Å². The molecule has 146 valence electrons. The molecule has 6 nitrogen and oxygen atoms in total. The summed E-state index contributed by atoms with van der Waals surface area (Å²) < 4.78 is 2.70. The van der Waals surface area contributed by atoms with Crippen LogP contribution >= 0.6 is 39.3 Å². The van der Waals surface area contributed by atoms with Gasteiger partial charge in [0.2, 0.25) is 5.91 Å². The van der Waals surface area contributed by atoms with Crippen molar-refractivity contribution in [3.8, 4) is 5.69 Å². The van der Waals surface area contributed by atoms with E-state index < -0.39 is 0 Å². The lowest BCUT2D eigenvalue weighted by molar-refractivity contribution is -0.113. The average Bonchev–Trinajstić information content (AvgIpc) is 3.14. The SMILES string of the molecule is Cc1cc(Br)ccc1NC(=O)CSc1ncnc2c1cnn2-c1ccc(Cl)cc1. The molecule has 0 aliphatic heterocycles. The summed E-state index contributed by atoms with van der Waals surface area (Å²) in [6.07, 6.45) is 3.19. The zero-order valence-corrected chi connectivity index (χ0v) is 18.4. The molecule has 1 N–H and O–H groups in total. The number of anilines is 1. The van der Waals surface area contributed by atoms with Gasteiger partial charge in [0, 0.05) is 15.2 Å². The lowest BCUT2D eigenvalue weighted by Crippen LogP contribution is -2.15. The molecular formula is C20H15BrClN5OS. The number of nitrogens with one attached hydrogen (secondary N) is 1. The molecule has 0 unspecified atom stereocenters. The molecular weight excluding hydrogens is 474 g/mol. The Hall–Kier alpha value is -2.42. The number of fused-ring (bicyclic) bond motifs is 1. The van der Waals surface area contributed by atoms with E-state index in [0.29, 0.717) is 15.7 Å². The maximum atomic E-state index is 12.4. The molecule has 4 aromatic rings. The minimum atomic E-state index is -0.0997. The molecule has 1 amide bonds. The summed E-state index contributed by atoms with van der Waals surface area (Å²) in [5, 5.41) is 9.51. The van der Waals surface area contributed by atoms with Gasteiger partial charge < -0.3 is 5.32 Å². The van der Waals surface area contributed by atoms with Crippen LogP contribution in [0.1, 0.15) is 5.56 Å². The number of thioether (sulfide) groups is 1. The highest BCUT2D eigenvalue weighted by Gasteiger charge is 2.13. The van der Waals surface area contributed by atoms with Crippen molar-refractivity contribution in [3.05, 3.63) is 70.0 Å². The number of halogens is 2. The van der Waals surface area contributed by atoms with E-state index >= 15 is 0 Å². The van der Waals surface area contributed by atoms with Gasteiger partial charge in [-0.2, -0.15) is 5.10 Å². The summed E-state index contributed by atoms with van der Waals surface area (Å²) >= 11 is 10.7. The molecule has 2 heterocycles.